The molecule has 2 aromatic carbocycles. The fourth-order valence-electron chi connectivity index (χ4n) is 2.58. The highest BCUT2D eigenvalue weighted by Gasteiger charge is 2.19. The molecule has 0 aliphatic rings. The second-order valence-electron chi connectivity index (χ2n) is 5.33. The Morgan fingerprint density at radius 3 is 2.32 bits per heavy atom. The zero-order chi connectivity index (χ0) is 16.3. The molecule has 0 spiro atoms. The first-order valence-electron chi connectivity index (χ1n) is 6.98. The lowest BCUT2D eigenvalue weighted by atomic mass is 10.00. The lowest BCUT2D eigenvalue weighted by molar-refractivity contribution is -0.385. The Labute approximate surface area is 129 Å². The van der Waals surface area contributed by atoms with Crippen molar-refractivity contribution in [3.8, 4) is 0 Å². The van der Waals surface area contributed by atoms with E-state index in [-0.39, 0.29) is 11.3 Å². The predicted molar refractivity (Wildman–Crippen MR) is 84.9 cm³/mol. The molecule has 1 N–H and O–H groups in total. The van der Waals surface area contributed by atoms with Gasteiger partial charge in [-0.3, -0.25) is 14.9 Å². The topological polar surface area (TPSA) is 72.2 Å². The van der Waals surface area contributed by atoms with Crippen molar-refractivity contribution >= 4 is 11.6 Å². The Balaban J connectivity index is 2.20. The molecule has 5 heteroatoms. The lowest BCUT2D eigenvalue weighted by Gasteiger charge is -2.12. The predicted octanol–water partition coefficient (Wildman–Crippen LogP) is 3.45. The maximum atomic E-state index is 12.2. The Morgan fingerprint density at radius 2 is 1.73 bits per heavy atom. The number of carbonyl (C=O) groups excluding carboxylic acids is 1. The highest BCUT2D eigenvalue weighted by atomic mass is 16.6. The van der Waals surface area contributed by atoms with E-state index in [1.54, 1.807) is 12.1 Å². The molecule has 114 valence electrons. The molecule has 0 atom stereocenters. The summed E-state index contributed by atoms with van der Waals surface area (Å²) in [7, 11) is 0. The smallest absolute Gasteiger partial charge is 0.282 e. The van der Waals surface area contributed by atoms with Crippen LogP contribution in [0.25, 0.3) is 0 Å². The van der Waals surface area contributed by atoms with Gasteiger partial charge in [-0.1, -0.05) is 29.8 Å². The van der Waals surface area contributed by atoms with Crippen LogP contribution in [-0.4, -0.2) is 10.8 Å². The minimum Gasteiger partial charge on any atom is -0.348 e. The third-order valence-corrected chi connectivity index (χ3v) is 3.61. The standard InChI is InChI=1S/C17H18N2O3/c1-11-8-12(2)15(13(3)9-11)10-18-17(20)14-6-4-5-7-16(14)19(21)22/h4-9H,10H2,1-3H3,(H,18,20). The van der Waals surface area contributed by atoms with E-state index in [0.717, 1.165) is 16.7 Å². The lowest BCUT2D eigenvalue weighted by Crippen LogP contribution is -2.24. The Morgan fingerprint density at radius 1 is 1.14 bits per heavy atom. The molecule has 0 aliphatic heterocycles. The number of benzene rings is 2. The first kappa shape index (κ1) is 15.7. The molecule has 22 heavy (non-hydrogen) atoms. The number of rotatable bonds is 4. The summed E-state index contributed by atoms with van der Waals surface area (Å²) in [6.07, 6.45) is 0. The number of para-hydroxylation sites is 1. The van der Waals surface area contributed by atoms with Crippen LogP contribution in [0.4, 0.5) is 5.69 Å². The second-order valence-corrected chi connectivity index (χ2v) is 5.33. The highest BCUT2D eigenvalue weighted by molar-refractivity contribution is 5.98. The van der Waals surface area contributed by atoms with Crippen LogP contribution in [0.2, 0.25) is 0 Å². The Kier molecular flexibility index (Phi) is 4.56. The normalized spacial score (nSPS) is 10.3. The number of nitro groups is 1. The van der Waals surface area contributed by atoms with Gasteiger partial charge in [0.1, 0.15) is 5.56 Å². The van der Waals surface area contributed by atoms with Crippen LogP contribution in [0.1, 0.15) is 32.6 Å². The van der Waals surface area contributed by atoms with Crippen molar-refractivity contribution in [1.82, 2.24) is 5.32 Å². The fourth-order valence-corrected chi connectivity index (χ4v) is 2.58. The molecule has 1 amide bonds. The largest absolute Gasteiger partial charge is 0.348 e. The van der Waals surface area contributed by atoms with Crippen LogP contribution in [0.3, 0.4) is 0 Å². The van der Waals surface area contributed by atoms with Gasteiger partial charge < -0.3 is 5.32 Å². The zero-order valence-corrected chi connectivity index (χ0v) is 12.8. The van der Waals surface area contributed by atoms with E-state index in [1.165, 1.54) is 17.7 Å². The number of amides is 1. The van der Waals surface area contributed by atoms with Gasteiger partial charge in [-0.25, -0.2) is 0 Å². The van der Waals surface area contributed by atoms with Crippen molar-refractivity contribution in [2.24, 2.45) is 0 Å². The minimum absolute atomic E-state index is 0.0786. The SMILES string of the molecule is Cc1cc(C)c(CNC(=O)c2ccccc2[N+](=O)[O-])c(C)c1. The van der Waals surface area contributed by atoms with Crippen molar-refractivity contribution in [2.45, 2.75) is 27.3 Å². The van der Waals surface area contributed by atoms with Crippen LogP contribution in [0, 0.1) is 30.9 Å². The molecule has 0 heterocycles. The van der Waals surface area contributed by atoms with E-state index < -0.39 is 10.8 Å². The molecule has 0 bridgehead atoms. The van der Waals surface area contributed by atoms with Gasteiger partial charge in [-0.15, -0.1) is 0 Å². The Bertz CT molecular complexity index is 715. The fraction of sp³-hybridized carbons (Fsp3) is 0.235. The number of nitro benzene ring substituents is 1. The number of aryl methyl sites for hydroxylation is 3. The van der Waals surface area contributed by atoms with Gasteiger partial charge in [-0.05, 0) is 43.5 Å². The number of nitrogens with one attached hydrogen (secondary N) is 1. The van der Waals surface area contributed by atoms with Crippen molar-refractivity contribution < 1.29 is 9.72 Å². The van der Waals surface area contributed by atoms with Crippen LogP contribution in [0.5, 0.6) is 0 Å². The van der Waals surface area contributed by atoms with Crippen molar-refractivity contribution in [2.75, 3.05) is 0 Å². The monoisotopic (exact) mass is 298 g/mol. The van der Waals surface area contributed by atoms with Gasteiger partial charge in [0.05, 0.1) is 4.92 Å². The summed E-state index contributed by atoms with van der Waals surface area (Å²) < 4.78 is 0. The van der Waals surface area contributed by atoms with Crippen molar-refractivity contribution in [1.29, 1.82) is 0 Å². The van der Waals surface area contributed by atoms with E-state index in [0.29, 0.717) is 6.54 Å². The van der Waals surface area contributed by atoms with Crippen LogP contribution < -0.4 is 5.32 Å². The molecule has 2 rings (SSSR count). The first-order chi connectivity index (χ1) is 10.4. The van der Waals surface area contributed by atoms with E-state index in [2.05, 4.69) is 17.4 Å². The van der Waals surface area contributed by atoms with E-state index in [9.17, 15) is 14.9 Å². The summed E-state index contributed by atoms with van der Waals surface area (Å²) >= 11 is 0. The molecule has 0 fully saturated rings. The van der Waals surface area contributed by atoms with Gasteiger partial charge in [0.25, 0.3) is 11.6 Å². The van der Waals surface area contributed by atoms with Crippen LogP contribution >= 0.6 is 0 Å². The number of hydrogen-bond donors (Lipinski definition) is 1. The Hall–Kier alpha value is -2.69. The van der Waals surface area contributed by atoms with Gasteiger partial charge in [0.2, 0.25) is 0 Å². The zero-order valence-electron chi connectivity index (χ0n) is 12.8. The van der Waals surface area contributed by atoms with Crippen molar-refractivity contribution in [3.05, 3.63) is 74.3 Å². The maximum absolute atomic E-state index is 12.2. The van der Waals surface area contributed by atoms with Gasteiger partial charge in [-0.2, -0.15) is 0 Å². The van der Waals surface area contributed by atoms with Gasteiger partial charge in [0, 0.05) is 12.6 Å². The summed E-state index contributed by atoms with van der Waals surface area (Å²) in [6, 6.07) is 10.1. The number of hydrogen-bond acceptors (Lipinski definition) is 3. The average Bonchev–Trinajstić information content (AvgIpc) is 2.45. The van der Waals surface area contributed by atoms with Crippen LogP contribution in [-0.2, 0) is 6.54 Å². The molecule has 0 saturated carbocycles. The molecule has 0 saturated heterocycles. The van der Waals surface area contributed by atoms with E-state index in [4.69, 9.17) is 0 Å². The molecular weight excluding hydrogens is 280 g/mol. The molecule has 0 aromatic heterocycles. The maximum Gasteiger partial charge on any atom is 0.282 e. The summed E-state index contributed by atoms with van der Waals surface area (Å²) in [6.45, 7) is 6.36. The molecule has 2 aromatic rings. The molecular formula is C17H18N2O3. The summed E-state index contributed by atoms with van der Waals surface area (Å²) in [4.78, 5) is 22.6. The van der Waals surface area contributed by atoms with Gasteiger partial charge >= 0.3 is 0 Å². The number of carbonyl (C=O) groups is 1. The number of nitrogens with zero attached hydrogens (tertiary/aromatic N) is 1. The highest BCUT2D eigenvalue weighted by Crippen LogP contribution is 2.19. The summed E-state index contributed by atoms with van der Waals surface area (Å²) in [5, 5.41) is 13.7. The molecule has 0 aliphatic carbocycles. The second kappa shape index (κ2) is 6.39. The third-order valence-electron chi connectivity index (χ3n) is 3.61. The van der Waals surface area contributed by atoms with E-state index in [1.807, 2.05) is 20.8 Å². The quantitative estimate of drug-likeness (QED) is 0.694. The summed E-state index contributed by atoms with van der Waals surface area (Å²) in [5.41, 5.74) is 4.30. The van der Waals surface area contributed by atoms with Gasteiger partial charge in [0.15, 0.2) is 0 Å². The minimum atomic E-state index is -0.544. The molecule has 5 nitrogen and oxygen atoms in total. The van der Waals surface area contributed by atoms with Crippen molar-refractivity contribution in [3.63, 3.8) is 0 Å². The third kappa shape index (κ3) is 3.31. The van der Waals surface area contributed by atoms with E-state index >= 15 is 0 Å². The average molecular weight is 298 g/mol. The molecule has 0 unspecified atom stereocenters. The summed E-state index contributed by atoms with van der Waals surface area (Å²) in [5.74, 6) is -0.438. The van der Waals surface area contributed by atoms with Crippen LogP contribution in [0.15, 0.2) is 36.4 Å². The first-order valence-corrected chi connectivity index (χ1v) is 6.98. The molecule has 0 radical (unpaired) electrons.